The van der Waals surface area contributed by atoms with Gasteiger partial charge in [-0.05, 0) is 87.2 Å². The van der Waals surface area contributed by atoms with Gasteiger partial charge in [-0.2, -0.15) is 5.26 Å². The molecule has 1 heterocycles. The van der Waals surface area contributed by atoms with Crippen molar-refractivity contribution in [2.45, 2.75) is 58.6 Å². The first kappa shape index (κ1) is 26.5. The van der Waals surface area contributed by atoms with Crippen LogP contribution in [0.2, 0.25) is 0 Å². The zero-order valence-corrected chi connectivity index (χ0v) is 22.0. The van der Waals surface area contributed by atoms with Crippen molar-refractivity contribution in [1.82, 2.24) is 9.62 Å². The Morgan fingerprint density at radius 1 is 1.22 bits per heavy atom. The largest absolute Gasteiger partial charge is 0.373 e. The van der Waals surface area contributed by atoms with E-state index in [2.05, 4.69) is 24.0 Å². The van der Waals surface area contributed by atoms with Gasteiger partial charge in [0.15, 0.2) is 0 Å². The second kappa shape index (κ2) is 10.8. The molecule has 7 nitrogen and oxygen atoms in total. The summed E-state index contributed by atoms with van der Waals surface area (Å²) in [5.41, 5.74) is 4.70. The molecule has 1 unspecified atom stereocenters. The fourth-order valence-electron chi connectivity index (χ4n) is 5.24. The van der Waals surface area contributed by atoms with Crippen molar-refractivity contribution in [2.24, 2.45) is 11.8 Å². The van der Waals surface area contributed by atoms with Crippen molar-refractivity contribution >= 4 is 15.9 Å². The summed E-state index contributed by atoms with van der Waals surface area (Å²) < 4.78 is 45.7. The summed E-state index contributed by atoms with van der Waals surface area (Å²) in [6, 6.07) is 6.49. The zero-order chi connectivity index (χ0) is 26.0. The molecule has 1 atom stereocenters. The number of hydrogen-bond donors (Lipinski definition) is 1. The number of carbonyl (C=O) groups is 1. The smallest absolute Gasteiger partial charge is 0.267 e. The third kappa shape index (κ3) is 6.61. The Morgan fingerprint density at radius 3 is 2.53 bits per heavy atom. The summed E-state index contributed by atoms with van der Waals surface area (Å²) in [7, 11) is -3.77. The van der Waals surface area contributed by atoms with E-state index < -0.39 is 27.9 Å². The van der Waals surface area contributed by atoms with E-state index in [1.165, 1.54) is 6.08 Å². The molecule has 0 aromatic heterocycles. The van der Waals surface area contributed by atoms with Crippen LogP contribution in [0.3, 0.4) is 0 Å². The average molecular weight is 516 g/mol. The Hall–Kier alpha value is -2.54. The number of aryl methyl sites for hydroxylation is 2. The molecule has 1 aromatic carbocycles. The minimum absolute atomic E-state index is 0.0443. The molecule has 194 valence electrons. The first-order chi connectivity index (χ1) is 17.0. The molecular weight excluding hydrogens is 481 g/mol. The lowest BCUT2D eigenvalue weighted by molar-refractivity contribution is -0.115. The molecule has 1 amide bonds. The Balaban J connectivity index is 1.32. The molecule has 1 aliphatic heterocycles. The van der Waals surface area contributed by atoms with Crippen LogP contribution in [0.25, 0.3) is 0 Å². The van der Waals surface area contributed by atoms with Crippen molar-refractivity contribution in [1.29, 1.82) is 5.26 Å². The lowest BCUT2D eigenvalue weighted by atomic mass is 9.91. The van der Waals surface area contributed by atoms with Crippen LogP contribution in [0.5, 0.6) is 0 Å². The molecule has 9 heteroatoms. The standard InChI is InChI=1S/C27H34FN3O4S/c1-17-10-18(2)24(14-29)21(11-17)15-31-8-6-19(7-9-31)16-35-26-13-25(28)23(12-22(26)20-4-5-20)27(32)30-36(3,33)34/h10-12,19-20,26H,4-9,13,15-16H2,1-3H3,(H,30,32). The molecule has 1 saturated carbocycles. The van der Waals surface area contributed by atoms with Crippen LogP contribution in [0, 0.1) is 37.0 Å². The summed E-state index contributed by atoms with van der Waals surface area (Å²) in [6.07, 6.45) is 5.77. The quantitative estimate of drug-likeness (QED) is 0.565. The number of carbonyl (C=O) groups excluding carboxylic acids is 1. The number of sulfonamides is 1. The molecule has 1 N–H and O–H groups in total. The lowest BCUT2D eigenvalue weighted by Crippen LogP contribution is -2.36. The van der Waals surface area contributed by atoms with E-state index >= 15 is 0 Å². The average Bonchev–Trinajstić information content (AvgIpc) is 3.62. The topological polar surface area (TPSA) is 99.5 Å². The number of nitrogens with zero attached hydrogens (tertiary/aromatic N) is 2. The van der Waals surface area contributed by atoms with Crippen LogP contribution in [0.15, 0.2) is 35.2 Å². The fourth-order valence-corrected chi connectivity index (χ4v) is 5.68. The van der Waals surface area contributed by atoms with Crippen LogP contribution in [-0.2, 0) is 26.1 Å². The van der Waals surface area contributed by atoms with Crippen LogP contribution in [0.1, 0.15) is 54.4 Å². The second-order valence-electron chi connectivity index (χ2n) is 10.4. The van der Waals surface area contributed by atoms with E-state index in [0.29, 0.717) is 12.5 Å². The first-order valence-corrected chi connectivity index (χ1v) is 14.4. The number of amides is 1. The molecule has 1 aromatic rings. The van der Waals surface area contributed by atoms with Gasteiger partial charge in [0.1, 0.15) is 5.83 Å². The molecule has 2 aliphatic carbocycles. The first-order valence-electron chi connectivity index (χ1n) is 12.5. The maximum Gasteiger partial charge on any atom is 0.267 e. The number of benzene rings is 1. The van der Waals surface area contributed by atoms with Gasteiger partial charge in [-0.15, -0.1) is 0 Å². The molecule has 0 spiro atoms. The minimum atomic E-state index is -3.77. The highest BCUT2D eigenvalue weighted by Gasteiger charge is 2.37. The van der Waals surface area contributed by atoms with Crippen molar-refractivity contribution in [3.8, 4) is 6.07 Å². The number of rotatable bonds is 8. The molecule has 36 heavy (non-hydrogen) atoms. The molecule has 2 fully saturated rings. The summed E-state index contributed by atoms with van der Waals surface area (Å²) >= 11 is 0. The zero-order valence-electron chi connectivity index (χ0n) is 21.1. The second-order valence-corrected chi connectivity index (χ2v) is 12.2. The van der Waals surface area contributed by atoms with Gasteiger partial charge in [-0.25, -0.2) is 17.5 Å². The van der Waals surface area contributed by atoms with Gasteiger partial charge >= 0.3 is 0 Å². The summed E-state index contributed by atoms with van der Waals surface area (Å²) in [6.45, 7) is 7.12. The molecule has 0 bridgehead atoms. The van der Waals surface area contributed by atoms with Gasteiger partial charge < -0.3 is 4.74 Å². The maximum absolute atomic E-state index is 14.8. The van der Waals surface area contributed by atoms with E-state index in [1.54, 1.807) is 0 Å². The van der Waals surface area contributed by atoms with Gasteiger partial charge in [-0.1, -0.05) is 17.7 Å². The molecule has 1 saturated heterocycles. The number of likely N-dealkylation sites (tertiary alicyclic amines) is 1. The highest BCUT2D eigenvalue weighted by atomic mass is 32.2. The van der Waals surface area contributed by atoms with Gasteiger partial charge in [0, 0.05) is 13.0 Å². The monoisotopic (exact) mass is 515 g/mol. The van der Waals surface area contributed by atoms with Crippen LogP contribution < -0.4 is 4.72 Å². The SMILES string of the molecule is Cc1cc(C)c(C#N)c(CN2CCC(COC3CC(F)=C(C(=O)NS(C)(=O)=O)C=C3C3CC3)CC2)c1. The number of hydrogen-bond acceptors (Lipinski definition) is 6. The Kier molecular flexibility index (Phi) is 7.98. The van der Waals surface area contributed by atoms with E-state index in [-0.39, 0.29) is 17.9 Å². The lowest BCUT2D eigenvalue weighted by Gasteiger charge is -2.33. The van der Waals surface area contributed by atoms with Gasteiger partial charge in [0.2, 0.25) is 10.0 Å². The summed E-state index contributed by atoms with van der Waals surface area (Å²) in [5, 5.41) is 9.57. The highest BCUT2D eigenvalue weighted by Crippen LogP contribution is 2.43. The molecular formula is C27H34FN3O4S. The van der Waals surface area contributed by atoms with E-state index in [1.807, 2.05) is 17.7 Å². The van der Waals surface area contributed by atoms with Crippen molar-refractivity contribution in [3.63, 3.8) is 0 Å². The molecule has 0 radical (unpaired) electrons. The van der Waals surface area contributed by atoms with Gasteiger partial charge in [0.25, 0.3) is 5.91 Å². The molecule has 3 aliphatic rings. The maximum atomic E-state index is 14.8. The van der Waals surface area contributed by atoms with E-state index in [4.69, 9.17) is 4.74 Å². The number of halogens is 1. The highest BCUT2D eigenvalue weighted by molar-refractivity contribution is 7.89. The number of nitriles is 1. The van der Waals surface area contributed by atoms with Crippen molar-refractivity contribution < 1.29 is 22.3 Å². The minimum Gasteiger partial charge on any atom is -0.373 e. The predicted molar refractivity (Wildman–Crippen MR) is 135 cm³/mol. The van der Waals surface area contributed by atoms with E-state index in [9.17, 15) is 22.9 Å². The normalized spacial score (nSPS) is 21.8. The Labute approximate surface area is 213 Å². The van der Waals surface area contributed by atoms with Crippen LogP contribution in [0.4, 0.5) is 4.39 Å². The van der Waals surface area contributed by atoms with Crippen LogP contribution >= 0.6 is 0 Å². The van der Waals surface area contributed by atoms with Crippen LogP contribution in [-0.4, -0.2) is 51.3 Å². The third-order valence-corrected chi connectivity index (χ3v) is 7.77. The number of ether oxygens (including phenoxy) is 1. The van der Waals surface area contributed by atoms with Crippen molar-refractivity contribution in [3.05, 3.63) is 57.4 Å². The predicted octanol–water partition coefficient (Wildman–Crippen LogP) is 3.81. The number of nitrogens with one attached hydrogen (secondary N) is 1. The fraction of sp³-hybridized carbons (Fsp3) is 0.556. The third-order valence-electron chi connectivity index (χ3n) is 7.22. The summed E-state index contributed by atoms with van der Waals surface area (Å²) in [4.78, 5) is 14.6. The van der Waals surface area contributed by atoms with Crippen molar-refractivity contribution in [2.75, 3.05) is 26.0 Å². The van der Waals surface area contributed by atoms with Gasteiger partial charge in [-0.3, -0.25) is 9.69 Å². The van der Waals surface area contributed by atoms with Gasteiger partial charge in [0.05, 0.1) is 36.2 Å². The Bertz CT molecular complexity index is 1240. The Morgan fingerprint density at radius 2 is 1.92 bits per heavy atom. The number of piperidine rings is 1. The summed E-state index contributed by atoms with van der Waals surface area (Å²) in [5.74, 6) is -0.944. The molecule has 4 rings (SSSR count). The van der Waals surface area contributed by atoms with E-state index in [0.717, 1.165) is 79.4 Å².